The van der Waals surface area contributed by atoms with E-state index in [2.05, 4.69) is 15.3 Å². The summed E-state index contributed by atoms with van der Waals surface area (Å²) < 4.78 is 26.7. The second kappa shape index (κ2) is 6.03. The van der Waals surface area contributed by atoms with Crippen LogP contribution in [0.15, 0.2) is 18.2 Å². The number of aromatic nitrogens is 3. The van der Waals surface area contributed by atoms with Crippen molar-refractivity contribution >= 4 is 40.4 Å². The first-order chi connectivity index (χ1) is 12.5. The number of pyridine rings is 1. The predicted octanol–water partition coefficient (Wildman–Crippen LogP) is 2.97. The summed E-state index contributed by atoms with van der Waals surface area (Å²) in [6, 6.07) is 4.28. The number of carbonyl (C=O) groups is 1. The van der Waals surface area contributed by atoms with Crippen molar-refractivity contribution in [2.75, 3.05) is 18.5 Å². The predicted molar refractivity (Wildman–Crippen MR) is 91.2 cm³/mol. The summed E-state index contributed by atoms with van der Waals surface area (Å²) in [7, 11) is 1.66. The van der Waals surface area contributed by atoms with Crippen LogP contribution in [0.5, 0.6) is 11.5 Å². The molecule has 134 valence electrons. The number of fused-ring (bicyclic) bond motifs is 3. The van der Waals surface area contributed by atoms with Crippen molar-refractivity contribution in [1.82, 2.24) is 14.5 Å². The van der Waals surface area contributed by atoms with Gasteiger partial charge in [-0.3, -0.25) is 0 Å². The van der Waals surface area contributed by atoms with Gasteiger partial charge in [0.25, 0.3) is 0 Å². The van der Waals surface area contributed by atoms with E-state index >= 15 is 0 Å². The lowest BCUT2D eigenvalue weighted by Crippen LogP contribution is -2.19. The molecule has 3 heterocycles. The molecule has 1 aromatic carbocycles. The zero-order valence-electron chi connectivity index (χ0n) is 13.4. The highest BCUT2D eigenvalue weighted by molar-refractivity contribution is 6.33. The second-order valence-electron chi connectivity index (χ2n) is 5.51. The number of carboxylic acid groups (broad SMARTS) is 1. The van der Waals surface area contributed by atoms with Crippen LogP contribution in [0.1, 0.15) is 10.5 Å². The zero-order valence-corrected chi connectivity index (χ0v) is 14.2. The summed E-state index contributed by atoms with van der Waals surface area (Å²) in [6.07, 6.45) is 0. The van der Waals surface area contributed by atoms with Crippen LogP contribution >= 0.6 is 11.6 Å². The van der Waals surface area contributed by atoms with Gasteiger partial charge in [-0.25, -0.2) is 14.2 Å². The maximum atomic E-state index is 14.0. The molecule has 0 saturated carbocycles. The molecule has 4 rings (SSSR count). The monoisotopic (exact) mass is 378 g/mol. The number of ether oxygens (including phenoxy) is 2. The van der Waals surface area contributed by atoms with E-state index in [9.17, 15) is 14.3 Å². The fourth-order valence-corrected chi connectivity index (χ4v) is 2.94. The number of imidazole rings is 1. The average Bonchev–Trinajstić information content (AvgIpc) is 2.93. The van der Waals surface area contributed by atoms with Gasteiger partial charge in [0.05, 0.1) is 10.7 Å². The summed E-state index contributed by atoms with van der Waals surface area (Å²) >= 11 is 6.04. The molecular weight excluding hydrogens is 367 g/mol. The summed E-state index contributed by atoms with van der Waals surface area (Å²) in [5.74, 6) is -1.30. The lowest BCUT2D eigenvalue weighted by molar-refractivity contribution is 0.0679. The molecule has 0 amide bonds. The van der Waals surface area contributed by atoms with E-state index in [0.29, 0.717) is 5.52 Å². The molecule has 0 bridgehead atoms. The Kier molecular flexibility index (Phi) is 3.80. The first kappa shape index (κ1) is 16.4. The van der Waals surface area contributed by atoms with Crippen molar-refractivity contribution in [3.63, 3.8) is 0 Å². The smallest absolute Gasteiger partial charge is 0.358 e. The van der Waals surface area contributed by atoms with E-state index in [1.54, 1.807) is 11.6 Å². The molecule has 1 aliphatic heterocycles. The third-order valence-corrected chi connectivity index (χ3v) is 4.22. The summed E-state index contributed by atoms with van der Waals surface area (Å²) in [6.45, 7) is 0.479. The fourth-order valence-electron chi connectivity index (χ4n) is 2.73. The van der Waals surface area contributed by atoms with E-state index in [-0.39, 0.29) is 52.7 Å². The minimum atomic E-state index is -1.26. The number of nitrogens with zero attached hydrogens (tertiary/aromatic N) is 3. The average molecular weight is 379 g/mol. The molecule has 0 atom stereocenters. The van der Waals surface area contributed by atoms with Gasteiger partial charge >= 0.3 is 5.97 Å². The molecule has 0 aliphatic carbocycles. The molecule has 2 N–H and O–H groups in total. The van der Waals surface area contributed by atoms with Gasteiger partial charge in [0, 0.05) is 7.05 Å². The van der Waals surface area contributed by atoms with Crippen LogP contribution < -0.4 is 14.8 Å². The molecule has 0 unspecified atom stereocenters. The Labute approximate surface area is 151 Å². The van der Waals surface area contributed by atoms with Crippen molar-refractivity contribution < 1.29 is 23.8 Å². The van der Waals surface area contributed by atoms with E-state index in [1.165, 1.54) is 18.2 Å². The van der Waals surface area contributed by atoms with Crippen LogP contribution in [0, 0.1) is 5.82 Å². The van der Waals surface area contributed by atoms with Crippen molar-refractivity contribution in [2.45, 2.75) is 0 Å². The van der Waals surface area contributed by atoms with E-state index in [4.69, 9.17) is 21.1 Å². The van der Waals surface area contributed by atoms with Crippen LogP contribution in [-0.4, -0.2) is 38.8 Å². The Morgan fingerprint density at radius 3 is 2.73 bits per heavy atom. The molecule has 8 nitrogen and oxygen atoms in total. The number of hydrogen-bond donors (Lipinski definition) is 2. The van der Waals surface area contributed by atoms with Gasteiger partial charge in [-0.15, -0.1) is 0 Å². The Morgan fingerprint density at radius 1 is 1.31 bits per heavy atom. The number of aromatic carboxylic acids is 1. The minimum Gasteiger partial charge on any atom is -0.484 e. The summed E-state index contributed by atoms with van der Waals surface area (Å²) in [4.78, 5) is 19.8. The highest BCUT2D eigenvalue weighted by atomic mass is 35.5. The standard InChI is InChI=1S/C16H12ClFN4O4/c1-22-11-13-12(25-5-6-26-13)10(15(23)24)19-14(11)21-16(22)20-9-7(17)3-2-4-8(9)18/h2-4H,5-6H2,1H3,(H,23,24)(H,19,20,21). The first-order valence-electron chi connectivity index (χ1n) is 7.57. The lowest BCUT2D eigenvalue weighted by Gasteiger charge is -2.20. The van der Waals surface area contributed by atoms with Crippen LogP contribution in [0.4, 0.5) is 16.0 Å². The maximum Gasteiger partial charge on any atom is 0.358 e. The number of hydrogen-bond acceptors (Lipinski definition) is 6. The molecular formula is C16H12ClFN4O4. The van der Waals surface area contributed by atoms with Gasteiger partial charge in [0.1, 0.15) is 24.5 Å². The van der Waals surface area contributed by atoms with Crippen molar-refractivity contribution in [1.29, 1.82) is 0 Å². The molecule has 10 heteroatoms. The third kappa shape index (κ3) is 2.48. The minimum absolute atomic E-state index is 0.0507. The zero-order chi connectivity index (χ0) is 18.4. The van der Waals surface area contributed by atoms with Gasteiger partial charge in [0.15, 0.2) is 22.8 Å². The number of nitrogens with one attached hydrogen (secondary N) is 1. The van der Waals surface area contributed by atoms with E-state index < -0.39 is 11.8 Å². The molecule has 0 spiro atoms. The second-order valence-corrected chi connectivity index (χ2v) is 5.92. The highest BCUT2D eigenvalue weighted by Crippen LogP contribution is 2.40. The molecule has 2 aromatic heterocycles. The number of halogens is 2. The SMILES string of the molecule is Cn1c(Nc2c(F)cccc2Cl)nc2nc(C(=O)O)c3c(c21)OCCO3. The van der Waals surface area contributed by atoms with Crippen molar-refractivity contribution in [3.8, 4) is 11.5 Å². The Morgan fingerprint density at radius 2 is 2.04 bits per heavy atom. The van der Waals surface area contributed by atoms with Crippen molar-refractivity contribution in [2.24, 2.45) is 7.05 Å². The van der Waals surface area contributed by atoms with Crippen molar-refractivity contribution in [3.05, 3.63) is 34.7 Å². The van der Waals surface area contributed by atoms with Gasteiger partial charge in [-0.1, -0.05) is 17.7 Å². The largest absolute Gasteiger partial charge is 0.484 e. The Balaban J connectivity index is 1.91. The third-order valence-electron chi connectivity index (χ3n) is 3.91. The maximum absolute atomic E-state index is 14.0. The molecule has 1 aliphatic rings. The van der Waals surface area contributed by atoms with Gasteiger partial charge in [-0.05, 0) is 12.1 Å². The number of rotatable bonds is 3. The van der Waals surface area contributed by atoms with Crippen LogP contribution in [0.3, 0.4) is 0 Å². The summed E-state index contributed by atoms with van der Waals surface area (Å²) in [5.41, 5.74) is 0.321. The molecule has 26 heavy (non-hydrogen) atoms. The van der Waals surface area contributed by atoms with Crippen LogP contribution in [0.25, 0.3) is 11.2 Å². The number of aryl methyl sites for hydroxylation is 1. The topological polar surface area (TPSA) is 98.5 Å². The van der Waals surface area contributed by atoms with Gasteiger partial charge < -0.3 is 24.5 Å². The van der Waals surface area contributed by atoms with Gasteiger partial charge in [0.2, 0.25) is 5.95 Å². The Hall–Kier alpha value is -3.07. The molecule has 3 aromatic rings. The van der Waals surface area contributed by atoms with E-state index in [0.717, 1.165) is 0 Å². The quantitative estimate of drug-likeness (QED) is 0.722. The number of anilines is 2. The van der Waals surface area contributed by atoms with E-state index in [1.807, 2.05) is 0 Å². The number of para-hydroxylation sites is 1. The van der Waals surface area contributed by atoms with Crippen LogP contribution in [-0.2, 0) is 7.05 Å². The molecule has 0 radical (unpaired) electrons. The first-order valence-corrected chi connectivity index (χ1v) is 7.95. The summed E-state index contributed by atoms with van der Waals surface area (Å²) in [5, 5.41) is 12.4. The molecule has 0 fully saturated rings. The van der Waals surface area contributed by atoms with Gasteiger partial charge in [-0.2, -0.15) is 4.98 Å². The number of carboxylic acids is 1. The lowest BCUT2D eigenvalue weighted by atomic mass is 10.2. The normalized spacial score (nSPS) is 13.0. The van der Waals surface area contributed by atoms with Crippen LogP contribution in [0.2, 0.25) is 5.02 Å². The number of benzene rings is 1. The fraction of sp³-hybridized carbons (Fsp3) is 0.188. The molecule has 0 saturated heterocycles. The highest BCUT2D eigenvalue weighted by Gasteiger charge is 2.28. The Bertz CT molecular complexity index is 1030.